The lowest BCUT2D eigenvalue weighted by molar-refractivity contribution is 0.0794. The Labute approximate surface area is 198 Å². The van der Waals surface area contributed by atoms with Gasteiger partial charge >= 0.3 is 6.03 Å². The highest BCUT2D eigenvalue weighted by atomic mass is 16.5. The minimum atomic E-state index is -0.167. The standard InChI is InChI=1S/C26H38N4O3/c1-4-33-19-21-8-7-15-30(17-21)18-23-9-5-6-10-24(23)28-25(31)22-13-11-20(12-14-22)16-27-26(32)29(2)3/h11,13,18,21,24H,4-10,15-17,19H2,1-3H3,(H,27,32)(H,28,31)/b23-18+/t21-,24+/m1/s1. The number of nitrogens with one attached hydrogen (secondary N) is 2. The van der Waals surface area contributed by atoms with E-state index in [9.17, 15) is 9.59 Å². The molecular weight excluding hydrogens is 416 g/mol. The van der Waals surface area contributed by atoms with Gasteiger partial charge in [-0.15, -0.1) is 0 Å². The van der Waals surface area contributed by atoms with Crippen LogP contribution < -0.4 is 10.6 Å². The first-order chi connectivity index (χ1) is 16.0. The van der Waals surface area contributed by atoms with Gasteiger partial charge in [-0.25, -0.2) is 4.79 Å². The number of carbonyl (C=O) groups is 2. The van der Waals surface area contributed by atoms with Crippen molar-refractivity contribution in [2.75, 3.05) is 40.4 Å². The van der Waals surface area contributed by atoms with Gasteiger partial charge in [-0.05, 0) is 62.7 Å². The van der Waals surface area contributed by atoms with Crippen LogP contribution in [0.1, 0.15) is 61.4 Å². The largest absolute Gasteiger partial charge is 0.381 e. The number of hydrogen-bond acceptors (Lipinski definition) is 4. The van der Waals surface area contributed by atoms with Gasteiger partial charge in [0.05, 0.1) is 24.8 Å². The first-order valence-corrected chi connectivity index (χ1v) is 12.2. The molecule has 0 bridgehead atoms. The number of rotatable bonds is 8. The second kappa shape index (κ2) is 12.5. The predicted octanol–water partition coefficient (Wildman–Crippen LogP) is 3.36. The number of carbonyl (C=O) groups excluding carboxylic acids is 2. The molecule has 1 saturated heterocycles. The highest BCUT2D eigenvalue weighted by Crippen LogP contribution is 2.26. The highest BCUT2D eigenvalue weighted by molar-refractivity contribution is 5.94. The van der Waals surface area contributed by atoms with Crippen molar-refractivity contribution >= 4 is 11.9 Å². The number of likely N-dealkylation sites (tertiary alicyclic amines) is 1. The maximum absolute atomic E-state index is 12.9. The smallest absolute Gasteiger partial charge is 0.317 e. The van der Waals surface area contributed by atoms with Crippen LogP contribution in [0, 0.1) is 18.1 Å². The zero-order chi connectivity index (χ0) is 23.6. The quantitative estimate of drug-likeness (QED) is 0.632. The van der Waals surface area contributed by atoms with E-state index in [-0.39, 0.29) is 18.0 Å². The van der Waals surface area contributed by atoms with Crippen molar-refractivity contribution in [3.8, 4) is 0 Å². The summed E-state index contributed by atoms with van der Waals surface area (Å²) in [6, 6.07) is 9.40. The first-order valence-electron chi connectivity index (χ1n) is 12.2. The van der Waals surface area contributed by atoms with Crippen molar-refractivity contribution in [1.29, 1.82) is 0 Å². The Morgan fingerprint density at radius 2 is 2.06 bits per heavy atom. The normalized spacial score (nSPS) is 21.9. The lowest BCUT2D eigenvalue weighted by atomic mass is 9.89. The molecule has 180 valence electrons. The molecular formula is C26H38N4O3. The maximum Gasteiger partial charge on any atom is 0.317 e. The summed E-state index contributed by atoms with van der Waals surface area (Å²) in [7, 11) is 3.38. The summed E-state index contributed by atoms with van der Waals surface area (Å²) in [6.45, 7) is 6.10. The second-order valence-corrected chi connectivity index (χ2v) is 9.21. The van der Waals surface area contributed by atoms with Gasteiger partial charge in [0.2, 0.25) is 0 Å². The molecule has 0 spiro atoms. The average Bonchev–Trinajstić information content (AvgIpc) is 2.83. The fourth-order valence-corrected chi connectivity index (χ4v) is 4.44. The van der Waals surface area contributed by atoms with Crippen molar-refractivity contribution in [2.24, 2.45) is 5.92 Å². The third kappa shape index (κ3) is 7.68. The molecule has 2 atom stereocenters. The van der Waals surface area contributed by atoms with Gasteiger partial charge in [-0.1, -0.05) is 18.6 Å². The molecule has 2 fully saturated rings. The van der Waals surface area contributed by atoms with Crippen LogP contribution in [0.3, 0.4) is 0 Å². The van der Waals surface area contributed by atoms with Gasteiger partial charge in [0.25, 0.3) is 5.91 Å². The van der Waals surface area contributed by atoms with E-state index >= 15 is 0 Å². The van der Waals surface area contributed by atoms with Crippen LogP contribution >= 0.6 is 0 Å². The van der Waals surface area contributed by atoms with Crippen LogP contribution in [-0.4, -0.2) is 68.2 Å². The van der Waals surface area contributed by atoms with Crippen molar-refractivity contribution < 1.29 is 14.3 Å². The van der Waals surface area contributed by atoms with Gasteiger partial charge in [0, 0.05) is 45.6 Å². The van der Waals surface area contributed by atoms with E-state index in [1.165, 1.54) is 29.7 Å². The van der Waals surface area contributed by atoms with E-state index in [0.29, 0.717) is 18.0 Å². The van der Waals surface area contributed by atoms with Gasteiger partial charge in [0.15, 0.2) is 0 Å². The molecule has 2 N–H and O–H groups in total. The molecule has 33 heavy (non-hydrogen) atoms. The van der Waals surface area contributed by atoms with E-state index < -0.39 is 0 Å². The van der Waals surface area contributed by atoms with Crippen molar-refractivity contribution in [3.63, 3.8) is 0 Å². The third-order valence-corrected chi connectivity index (χ3v) is 6.31. The van der Waals surface area contributed by atoms with Gasteiger partial charge in [0.1, 0.15) is 0 Å². The van der Waals surface area contributed by atoms with Gasteiger partial charge in [-0.3, -0.25) is 4.79 Å². The highest BCUT2D eigenvalue weighted by Gasteiger charge is 2.24. The lowest BCUT2D eigenvalue weighted by Crippen LogP contribution is -2.40. The van der Waals surface area contributed by atoms with Crippen LogP contribution in [0.4, 0.5) is 4.79 Å². The molecule has 7 nitrogen and oxygen atoms in total. The summed E-state index contributed by atoms with van der Waals surface area (Å²) in [5, 5.41) is 6.01. The monoisotopic (exact) mass is 454 g/mol. The fraction of sp³-hybridized carbons (Fsp3) is 0.615. The number of amides is 3. The summed E-state index contributed by atoms with van der Waals surface area (Å²) >= 11 is 0. The summed E-state index contributed by atoms with van der Waals surface area (Å²) in [5.74, 6) is 0.458. The Kier molecular flexibility index (Phi) is 9.44. The van der Waals surface area contributed by atoms with Gasteiger partial charge < -0.3 is 25.2 Å². The Balaban J connectivity index is 1.57. The number of ether oxygens (including phenoxy) is 1. The molecule has 7 heteroatoms. The number of hydrogen-bond donors (Lipinski definition) is 2. The van der Waals surface area contributed by atoms with E-state index in [0.717, 1.165) is 51.1 Å². The Morgan fingerprint density at radius 1 is 1.21 bits per heavy atom. The van der Waals surface area contributed by atoms with Gasteiger partial charge in [-0.2, -0.15) is 0 Å². The van der Waals surface area contributed by atoms with Crippen molar-refractivity contribution in [2.45, 2.75) is 58.0 Å². The number of urea groups is 1. The summed E-state index contributed by atoms with van der Waals surface area (Å²) in [5.41, 5.74) is 2.57. The predicted molar refractivity (Wildman–Crippen MR) is 129 cm³/mol. The van der Waals surface area contributed by atoms with Crippen LogP contribution in [-0.2, 0) is 11.3 Å². The second-order valence-electron chi connectivity index (χ2n) is 9.21. The number of piperidine rings is 1. The minimum Gasteiger partial charge on any atom is -0.381 e. The molecule has 1 aromatic carbocycles. The fourth-order valence-electron chi connectivity index (χ4n) is 4.44. The van der Waals surface area contributed by atoms with E-state index in [1.807, 2.05) is 13.0 Å². The third-order valence-electron chi connectivity index (χ3n) is 6.31. The first kappa shape index (κ1) is 24.9. The molecule has 3 amide bonds. The molecule has 2 aliphatic rings. The Morgan fingerprint density at radius 3 is 2.79 bits per heavy atom. The Hall–Kier alpha value is -2.72. The molecule has 1 aliphatic heterocycles. The molecule has 0 aromatic heterocycles. The van der Waals surface area contributed by atoms with E-state index in [4.69, 9.17) is 4.74 Å². The SMILES string of the molecule is CCOC[C@@H]1CCCN(/C=C2\CCCC[C@@H]2NC(=O)c2c#cc(CNC(=O)N(C)C)cc2)C1. The van der Waals surface area contributed by atoms with Crippen molar-refractivity contribution in [3.05, 3.63) is 47.2 Å². The summed E-state index contributed by atoms with van der Waals surface area (Å²) in [6.07, 6.45) is 8.99. The zero-order valence-corrected chi connectivity index (χ0v) is 20.3. The Bertz CT molecular complexity index is 806. The molecule has 1 aromatic rings. The minimum absolute atomic E-state index is 0.0611. The van der Waals surface area contributed by atoms with Crippen LogP contribution in [0.15, 0.2) is 23.9 Å². The maximum atomic E-state index is 12.9. The molecule has 1 saturated carbocycles. The molecule has 0 radical (unpaired) electrons. The summed E-state index contributed by atoms with van der Waals surface area (Å²) in [4.78, 5) is 28.5. The van der Waals surface area contributed by atoms with Crippen LogP contribution in [0.2, 0.25) is 0 Å². The molecule has 1 heterocycles. The van der Waals surface area contributed by atoms with Crippen LogP contribution in [0.5, 0.6) is 0 Å². The number of nitrogens with zero attached hydrogens (tertiary/aromatic N) is 2. The van der Waals surface area contributed by atoms with Crippen LogP contribution in [0.25, 0.3) is 0 Å². The molecule has 1 aliphatic carbocycles. The molecule has 0 unspecified atom stereocenters. The van der Waals surface area contributed by atoms with Crippen molar-refractivity contribution in [1.82, 2.24) is 20.4 Å². The van der Waals surface area contributed by atoms with E-state index in [2.05, 4.69) is 33.9 Å². The lowest BCUT2D eigenvalue weighted by Gasteiger charge is -2.34. The molecule has 3 rings (SSSR count). The van der Waals surface area contributed by atoms with E-state index in [1.54, 1.807) is 20.2 Å². The topological polar surface area (TPSA) is 73.9 Å². The summed E-state index contributed by atoms with van der Waals surface area (Å²) < 4.78 is 5.65. The zero-order valence-electron chi connectivity index (χ0n) is 20.3. The average molecular weight is 455 g/mol.